The Morgan fingerprint density at radius 1 is 1.27 bits per heavy atom. The van der Waals surface area contributed by atoms with Crippen LogP contribution in [0.3, 0.4) is 0 Å². The highest BCUT2D eigenvalue weighted by molar-refractivity contribution is 7.99. The van der Waals surface area contributed by atoms with Crippen LogP contribution in [0.15, 0.2) is 29.4 Å². The smallest absolute Gasteiger partial charge is 0.230 e. The van der Waals surface area contributed by atoms with Crippen molar-refractivity contribution in [2.24, 2.45) is 5.92 Å². The van der Waals surface area contributed by atoms with Gasteiger partial charge in [0.05, 0.1) is 11.3 Å². The minimum Gasteiger partial charge on any atom is -0.370 e. The largest absolute Gasteiger partial charge is 0.370 e. The summed E-state index contributed by atoms with van der Waals surface area (Å²) in [5.41, 5.74) is 0.888. The van der Waals surface area contributed by atoms with Gasteiger partial charge in [-0.3, -0.25) is 4.79 Å². The summed E-state index contributed by atoms with van der Waals surface area (Å²) in [6, 6.07) is 7.88. The normalized spacial score (nSPS) is 10.9. The molecule has 0 saturated heterocycles. The van der Waals surface area contributed by atoms with Gasteiger partial charge in [-0.15, -0.1) is 0 Å². The standard InChI is InChI=1S/C16H22N4OS/c1-4-17-15-12-7-5-6-8-13(12)19-16(20-15)22-10-14(21)18-9-11(2)3/h5-8,11H,4,9-10H2,1-3H3,(H,18,21)(H,17,19,20). The van der Waals surface area contributed by atoms with Crippen molar-refractivity contribution in [1.29, 1.82) is 0 Å². The number of aromatic nitrogens is 2. The fraction of sp³-hybridized carbons (Fsp3) is 0.438. The third kappa shape index (κ3) is 4.59. The molecule has 0 radical (unpaired) electrons. The molecular weight excluding hydrogens is 296 g/mol. The van der Waals surface area contributed by atoms with E-state index in [0.717, 1.165) is 23.3 Å². The lowest BCUT2D eigenvalue weighted by Gasteiger charge is -2.10. The van der Waals surface area contributed by atoms with Crippen LogP contribution < -0.4 is 10.6 Å². The number of hydrogen-bond donors (Lipinski definition) is 2. The first-order chi connectivity index (χ1) is 10.6. The fourth-order valence-corrected chi connectivity index (χ4v) is 2.60. The summed E-state index contributed by atoms with van der Waals surface area (Å²) >= 11 is 1.36. The summed E-state index contributed by atoms with van der Waals surface area (Å²) in [6.07, 6.45) is 0. The number of fused-ring (bicyclic) bond motifs is 1. The van der Waals surface area contributed by atoms with Gasteiger partial charge in [-0.25, -0.2) is 9.97 Å². The van der Waals surface area contributed by atoms with E-state index >= 15 is 0 Å². The van der Waals surface area contributed by atoms with Crippen molar-refractivity contribution in [3.05, 3.63) is 24.3 Å². The first-order valence-corrected chi connectivity index (χ1v) is 8.49. The third-order valence-corrected chi connectivity index (χ3v) is 3.81. The van der Waals surface area contributed by atoms with Crippen LogP contribution >= 0.6 is 11.8 Å². The Kier molecular flexibility index (Phi) is 6.00. The van der Waals surface area contributed by atoms with Crippen molar-refractivity contribution in [3.63, 3.8) is 0 Å². The predicted molar refractivity (Wildman–Crippen MR) is 92.3 cm³/mol. The number of para-hydroxylation sites is 1. The number of benzene rings is 1. The average molecular weight is 318 g/mol. The van der Waals surface area contributed by atoms with E-state index in [4.69, 9.17) is 0 Å². The number of hydrogen-bond acceptors (Lipinski definition) is 5. The lowest BCUT2D eigenvalue weighted by atomic mass is 10.2. The maximum absolute atomic E-state index is 11.8. The quantitative estimate of drug-likeness (QED) is 0.607. The molecule has 1 amide bonds. The van der Waals surface area contributed by atoms with Crippen LogP contribution in [0.4, 0.5) is 5.82 Å². The molecule has 0 aliphatic rings. The Balaban J connectivity index is 2.09. The number of amides is 1. The average Bonchev–Trinajstić information content (AvgIpc) is 2.51. The van der Waals surface area contributed by atoms with Gasteiger partial charge in [0.25, 0.3) is 0 Å². The van der Waals surface area contributed by atoms with E-state index in [1.807, 2.05) is 31.2 Å². The van der Waals surface area contributed by atoms with Crippen LogP contribution in [0.1, 0.15) is 20.8 Å². The molecule has 1 heterocycles. The first-order valence-electron chi connectivity index (χ1n) is 7.50. The van der Waals surface area contributed by atoms with Gasteiger partial charge in [-0.05, 0) is 25.0 Å². The van der Waals surface area contributed by atoms with Crippen LogP contribution in [0.25, 0.3) is 10.9 Å². The van der Waals surface area contributed by atoms with Gasteiger partial charge in [0, 0.05) is 18.5 Å². The molecule has 0 atom stereocenters. The fourth-order valence-electron chi connectivity index (χ4n) is 1.92. The minimum absolute atomic E-state index is 0.0143. The van der Waals surface area contributed by atoms with Crippen LogP contribution in [0, 0.1) is 5.92 Å². The summed E-state index contributed by atoms with van der Waals surface area (Å²) < 4.78 is 0. The predicted octanol–water partition coefficient (Wildman–Crippen LogP) is 2.93. The summed E-state index contributed by atoms with van der Waals surface area (Å²) in [5, 5.41) is 7.77. The second kappa shape index (κ2) is 7.98. The van der Waals surface area contributed by atoms with Crippen LogP contribution in [0.2, 0.25) is 0 Å². The molecule has 0 unspecified atom stereocenters. The van der Waals surface area contributed by atoms with Crippen molar-refractivity contribution in [3.8, 4) is 0 Å². The maximum atomic E-state index is 11.8. The van der Waals surface area contributed by atoms with Gasteiger partial charge in [0.15, 0.2) is 5.16 Å². The number of nitrogens with one attached hydrogen (secondary N) is 2. The van der Waals surface area contributed by atoms with E-state index in [-0.39, 0.29) is 5.91 Å². The van der Waals surface area contributed by atoms with E-state index in [0.29, 0.717) is 23.4 Å². The van der Waals surface area contributed by atoms with Gasteiger partial charge in [-0.1, -0.05) is 37.7 Å². The number of nitrogens with zero attached hydrogens (tertiary/aromatic N) is 2. The number of rotatable bonds is 7. The molecule has 2 aromatic rings. The van der Waals surface area contributed by atoms with E-state index in [9.17, 15) is 4.79 Å². The van der Waals surface area contributed by atoms with Gasteiger partial charge >= 0.3 is 0 Å². The molecule has 0 saturated carbocycles. The maximum Gasteiger partial charge on any atom is 0.230 e. The second-order valence-electron chi connectivity index (χ2n) is 5.39. The van der Waals surface area contributed by atoms with E-state index in [1.165, 1.54) is 11.8 Å². The molecule has 0 aliphatic heterocycles. The summed E-state index contributed by atoms with van der Waals surface area (Å²) in [5.74, 6) is 1.61. The molecule has 0 fully saturated rings. The molecule has 5 nitrogen and oxygen atoms in total. The molecule has 0 aliphatic carbocycles. The number of carbonyl (C=O) groups is 1. The lowest BCUT2D eigenvalue weighted by molar-refractivity contribution is -0.118. The van der Waals surface area contributed by atoms with Crippen LogP contribution in [-0.2, 0) is 4.79 Å². The van der Waals surface area contributed by atoms with E-state index in [1.54, 1.807) is 0 Å². The SMILES string of the molecule is CCNc1nc(SCC(=O)NCC(C)C)nc2ccccc12. The molecule has 1 aromatic carbocycles. The Bertz CT molecular complexity index is 645. The van der Waals surface area contributed by atoms with Crippen LogP contribution in [-0.4, -0.2) is 34.7 Å². The third-order valence-electron chi connectivity index (χ3n) is 2.97. The molecule has 0 bridgehead atoms. The van der Waals surface area contributed by atoms with Crippen molar-refractivity contribution in [2.45, 2.75) is 25.9 Å². The minimum atomic E-state index is 0.0143. The highest BCUT2D eigenvalue weighted by Gasteiger charge is 2.09. The molecule has 118 valence electrons. The second-order valence-corrected chi connectivity index (χ2v) is 6.33. The van der Waals surface area contributed by atoms with Crippen LogP contribution in [0.5, 0.6) is 0 Å². The van der Waals surface area contributed by atoms with Crippen molar-refractivity contribution < 1.29 is 4.79 Å². The zero-order chi connectivity index (χ0) is 15.9. The monoisotopic (exact) mass is 318 g/mol. The number of anilines is 1. The topological polar surface area (TPSA) is 66.9 Å². The van der Waals surface area contributed by atoms with Gasteiger partial charge < -0.3 is 10.6 Å². The molecule has 2 rings (SSSR count). The lowest BCUT2D eigenvalue weighted by Crippen LogP contribution is -2.28. The number of carbonyl (C=O) groups excluding carboxylic acids is 1. The van der Waals surface area contributed by atoms with Gasteiger partial charge in [0.1, 0.15) is 5.82 Å². The Morgan fingerprint density at radius 3 is 2.77 bits per heavy atom. The molecule has 0 spiro atoms. The summed E-state index contributed by atoms with van der Waals surface area (Å²) in [4.78, 5) is 20.8. The molecule has 2 N–H and O–H groups in total. The molecule has 1 aromatic heterocycles. The number of thioether (sulfide) groups is 1. The first kappa shape index (κ1) is 16.5. The zero-order valence-corrected chi connectivity index (χ0v) is 14.0. The Morgan fingerprint density at radius 2 is 2.05 bits per heavy atom. The van der Waals surface area contributed by atoms with E-state index in [2.05, 4.69) is 34.4 Å². The Labute approximate surface area is 135 Å². The Hall–Kier alpha value is -1.82. The summed E-state index contributed by atoms with van der Waals surface area (Å²) in [6.45, 7) is 7.66. The van der Waals surface area contributed by atoms with Gasteiger partial charge in [0.2, 0.25) is 5.91 Å². The molecule has 22 heavy (non-hydrogen) atoms. The van der Waals surface area contributed by atoms with Crippen molar-refractivity contribution in [1.82, 2.24) is 15.3 Å². The highest BCUT2D eigenvalue weighted by Crippen LogP contribution is 2.24. The van der Waals surface area contributed by atoms with Crippen molar-refractivity contribution in [2.75, 3.05) is 24.2 Å². The highest BCUT2D eigenvalue weighted by atomic mass is 32.2. The zero-order valence-electron chi connectivity index (χ0n) is 13.2. The molecular formula is C16H22N4OS. The van der Waals surface area contributed by atoms with Crippen molar-refractivity contribution >= 4 is 34.4 Å². The summed E-state index contributed by atoms with van der Waals surface area (Å²) in [7, 11) is 0. The van der Waals surface area contributed by atoms with E-state index < -0.39 is 0 Å². The van der Waals surface area contributed by atoms with Gasteiger partial charge in [-0.2, -0.15) is 0 Å². The molecule has 6 heteroatoms.